The third kappa shape index (κ3) is 15.5. The minimum Gasteiger partial charge on any atom is -0.492 e. The molecule has 0 atom stereocenters. The fraction of sp³-hybridized carbons (Fsp3) is 0.314. The average Bonchev–Trinajstić information content (AvgIpc) is 3.28. The molecule has 0 radical (unpaired) electrons. The van der Waals surface area contributed by atoms with E-state index in [2.05, 4.69) is 23.8 Å². The molecule has 0 aliphatic rings. The monoisotopic (exact) mass is 873 g/mol. The number of benzene rings is 5. The molecule has 0 fully saturated rings. The predicted molar refractivity (Wildman–Crippen MR) is 249 cm³/mol. The summed E-state index contributed by atoms with van der Waals surface area (Å²) in [5.41, 5.74) is 3.46. The molecule has 0 amide bonds. The number of hydrogen-bond donors (Lipinski definition) is 0. The predicted octanol–water partition coefficient (Wildman–Crippen LogP) is 14.3. The van der Waals surface area contributed by atoms with Crippen LogP contribution in [0.1, 0.15) is 128 Å². The van der Waals surface area contributed by atoms with E-state index < -0.39 is 11.9 Å². The molecule has 0 heterocycles. The standard InChI is InChI=1S/C51H53Cl2N3O6/c1-3-5-7-9-11-13-29-59-47-27-24-42(31-45(47)52)55-35-37-15-19-39(20-16-37)50(57)61-44-26-23-41(34-54)49(33-44)62-51(58)40-21-17-38(18-22-40)36-56-43-25-28-48(46(53)32-43)60-30-14-12-10-8-6-4-2/h15-28,31-33,35-36H,3-14,29-30H2,1-2H3. The Morgan fingerprint density at radius 3 is 1.45 bits per heavy atom. The van der Waals surface area contributed by atoms with Gasteiger partial charge in [-0.15, -0.1) is 0 Å². The third-order valence-electron chi connectivity index (χ3n) is 9.85. The summed E-state index contributed by atoms with van der Waals surface area (Å²) in [6.45, 7) is 5.66. The van der Waals surface area contributed by atoms with E-state index >= 15 is 0 Å². The molecule has 0 aromatic heterocycles. The molecule has 5 rings (SSSR count). The second-order valence-electron chi connectivity index (χ2n) is 14.8. The first-order valence-electron chi connectivity index (χ1n) is 21.4. The van der Waals surface area contributed by atoms with Gasteiger partial charge in [0.1, 0.15) is 23.3 Å². The number of ether oxygens (including phenoxy) is 4. The Hall–Kier alpha value is -5.95. The van der Waals surface area contributed by atoms with Crippen LogP contribution in [0.2, 0.25) is 10.0 Å². The normalized spacial score (nSPS) is 11.1. The second-order valence-corrected chi connectivity index (χ2v) is 15.6. The maximum absolute atomic E-state index is 13.1. The Morgan fingerprint density at radius 2 is 1.00 bits per heavy atom. The van der Waals surface area contributed by atoms with Crippen molar-refractivity contribution in [3.63, 3.8) is 0 Å². The molecule has 322 valence electrons. The van der Waals surface area contributed by atoms with Crippen LogP contribution in [-0.4, -0.2) is 37.6 Å². The van der Waals surface area contributed by atoms with Gasteiger partial charge in [0.05, 0.1) is 51.3 Å². The van der Waals surface area contributed by atoms with Gasteiger partial charge in [0.15, 0.2) is 5.75 Å². The van der Waals surface area contributed by atoms with Crippen molar-refractivity contribution in [1.29, 1.82) is 5.26 Å². The Morgan fingerprint density at radius 1 is 0.548 bits per heavy atom. The van der Waals surface area contributed by atoms with Crippen molar-refractivity contribution in [2.75, 3.05) is 13.2 Å². The van der Waals surface area contributed by atoms with E-state index in [-0.39, 0.29) is 28.2 Å². The van der Waals surface area contributed by atoms with Crippen LogP contribution in [0.15, 0.2) is 113 Å². The van der Waals surface area contributed by atoms with Gasteiger partial charge in [-0.3, -0.25) is 9.98 Å². The zero-order chi connectivity index (χ0) is 43.9. The summed E-state index contributed by atoms with van der Waals surface area (Å²) in [6, 6.07) is 30.4. The first-order valence-corrected chi connectivity index (χ1v) is 22.1. The number of carbonyl (C=O) groups is 2. The molecule has 9 nitrogen and oxygen atoms in total. The lowest BCUT2D eigenvalue weighted by Gasteiger charge is -2.10. The minimum atomic E-state index is -0.691. The summed E-state index contributed by atoms with van der Waals surface area (Å²) in [7, 11) is 0. The van der Waals surface area contributed by atoms with Crippen LogP contribution in [0, 0.1) is 11.3 Å². The molecule has 0 saturated heterocycles. The number of nitriles is 1. The number of nitrogens with zero attached hydrogens (tertiary/aromatic N) is 3. The molecule has 0 aliphatic heterocycles. The van der Waals surface area contributed by atoms with E-state index in [1.807, 2.05) is 30.3 Å². The van der Waals surface area contributed by atoms with Crippen LogP contribution < -0.4 is 18.9 Å². The summed E-state index contributed by atoms with van der Waals surface area (Å²) < 4.78 is 22.9. The fourth-order valence-corrected chi connectivity index (χ4v) is 6.74. The minimum absolute atomic E-state index is 0.0474. The molecule has 0 N–H and O–H groups in total. The molecule has 11 heteroatoms. The lowest BCUT2D eigenvalue weighted by atomic mass is 10.1. The summed E-state index contributed by atoms with van der Waals surface area (Å²) in [5, 5.41) is 10.7. The van der Waals surface area contributed by atoms with E-state index in [0.29, 0.717) is 46.1 Å². The van der Waals surface area contributed by atoms with E-state index in [1.54, 1.807) is 73.1 Å². The molecule has 0 spiro atoms. The molecule has 0 unspecified atom stereocenters. The highest BCUT2D eigenvalue weighted by atomic mass is 35.5. The highest BCUT2D eigenvalue weighted by Gasteiger charge is 2.16. The molecule has 0 bridgehead atoms. The molecule has 0 saturated carbocycles. The molecular formula is C51H53Cl2N3O6. The Bertz CT molecular complexity index is 2320. The van der Waals surface area contributed by atoms with Gasteiger partial charge in [-0.05, 0) is 96.8 Å². The van der Waals surface area contributed by atoms with Gasteiger partial charge in [0.2, 0.25) is 0 Å². The molecule has 5 aromatic rings. The Labute approximate surface area is 375 Å². The van der Waals surface area contributed by atoms with Gasteiger partial charge in [0.25, 0.3) is 0 Å². The van der Waals surface area contributed by atoms with Crippen LogP contribution in [-0.2, 0) is 0 Å². The zero-order valence-corrected chi connectivity index (χ0v) is 36.9. The van der Waals surface area contributed by atoms with Crippen molar-refractivity contribution >= 4 is 58.9 Å². The number of unbranched alkanes of at least 4 members (excludes halogenated alkanes) is 10. The quantitative estimate of drug-likeness (QED) is 0.0262. The number of esters is 2. The van der Waals surface area contributed by atoms with Gasteiger partial charge >= 0.3 is 11.9 Å². The van der Waals surface area contributed by atoms with Gasteiger partial charge in [0, 0.05) is 18.5 Å². The molecule has 62 heavy (non-hydrogen) atoms. The average molecular weight is 875 g/mol. The van der Waals surface area contributed by atoms with Crippen molar-refractivity contribution in [2.45, 2.75) is 90.9 Å². The summed E-state index contributed by atoms with van der Waals surface area (Å²) >= 11 is 12.9. The lowest BCUT2D eigenvalue weighted by molar-refractivity contribution is 0.0732. The third-order valence-corrected chi connectivity index (χ3v) is 10.4. The maximum Gasteiger partial charge on any atom is 0.343 e. The maximum atomic E-state index is 13.1. The summed E-state index contributed by atoms with van der Waals surface area (Å²) in [4.78, 5) is 35.2. The van der Waals surface area contributed by atoms with Crippen LogP contribution in [0.5, 0.6) is 23.0 Å². The van der Waals surface area contributed by atoms with Crippen LogP contribution >= 0.6 is 23.2 Å². The number of rotatable bonds is 24. The van der Waals surface area contributed by atoms with E-state index in [1.165, 1.54) is 69.6 Å². The van der Waals surface area contributed by atoms with Crippen molar-refractivity contribution in [1.82, 2.24) is 0 Å². The second kappa shape index (κ2) is 25.7. The van der Waals surface area contributed by atoms with Gasteiger partial charge in [-0.1, -0.05) is 126 Å². The van der Waals surface area contributed by atoms with Crippen molar-refractivity contribution in [2.24, 2.45) is 9.98 Å². The Balaban J connectivity index is 1.10. The number of halogens is 2. The Kier molecular flexibility index (Phi) is 19.6. The SMILES string of the molecule is CCCCCCCCOc1ccc(N=Cc2ccc(C(=O)Oc3ccc(C#N)c(OC(=O)c4ccc(C=Nc5ccc(OCCCCCCCC)c(Cl)c5)cc4)c3)cc2)cc1Cl. The largest absolute Gasteiger partial charge is 0.492 e. The van der Waals surface area contributed by atoms with E-state index in [0.717, 1.165) is 36.8 Å². The molecule has 0 aliphatic carbocycles. The lowest BCUT2D eigenvalue weighted by Crippen LogP contribution is -2.11. The van der Waals surface area contributed by atoms with Gasteiger partial charge in [-0.2, -0.15) is 5.26 Å². The van der Waals surface area contributed by atoms with Crippen molar-refractivity contribution < 1.29 is 28.5 Å². The summed E-state index contributed by atoms with van der Waals surface area (Å²) in [5.74, 6) is -0.00463. The van der Waals surface area contributed by atoms with Crippen molar-refractivity contribution in [3.05, 3.63) is 141 Å². The van der Waals surface area contributed by atoms with E-state index in [4.69, 9.17) is 42.1 Å². The number of hydrogen-bond acceptors (Lipinski definition) is 9. The first-order chi connectivity index (χ1) is 30.3. The van der Waals surface area contributed by atoms with Gasteiger partial charge < -0.3 is 18.9 Å². The van der Waals surface area contributed by atoms with Crippen molar-refractivity contribution in [3.8, 4) is 29.1 Å². The smallest absolute Gasteiger partial charge is 0.343 e. The van der Waals surface area contributed by atoms with Gasteiger partial charge in [-0.25, -0.2) is 9.59 Å². The van der Waals surface area contributed by atoms with Crippen LogP contribution in [0.25, 0.3) is 0 Å². The first kappa shape index (κ1) is 47.1. The summed E-state index contributed by atoms with van der Waals surface area (Å²) in [6.07, 6.45) is 17.6. The van der Waals surface area contributed by atoms with Crippen LogP contribution in [0.3, 0.4) is 0 Å². The highest BCUT2D eigenvalue weighted by molar-refractivity contribution is 6.32. The molecular weight excluding hydrogens is 821 g/mol. The van der Waals surface area contributed by atoms with E-state index in [9.17, 15) is 14.9 Å². The topological polar surface area (TPSA) is 120 Å². The number of aliphatic imine (C=N–C) groups is 2. The zero-order valence-electron chi connectivity index (χ0n) is 35.4. The highest BCUT2D eigenvalue weighted by Crippen LogP contribution is 2.31. The molecule has 5 aromatic carbocycles. The fourth-order valence-electron chi connectivity index (χ4n) is 6.28. The van der Waals surface area contributed by atoms with Crippen LogP contribution in [0.4, 0.5) is 11.4 Å². The number of carbonyl (C=O) groups excluding carboxylic acids is 2.